The predicted octanol–water partition coefficient (Wildman–Crippen LogP) is 6.50. The maximum Gasteiger partial charge on any atom is 0.196 e. The molecule has 0 rings (SSSR count). The van der Waals surface area contributed by atoms with Gasteiger partial charge in [-0.15, -0.1) is 0 Å². The Hall–Kier alpha value is -0.200. The maximum absolute atomic E-state index is 6.80. The van der Waals surface area contributed by atoms with Crippen LogP contribution >= 0.6 is 18.8 Å². The summed E-state index contributed by atoms with van der Waals surface area (Å²) in [7, 11) is -0.810. The van der Waals surface area contributed by atoms with Gasteiger partial charge in [0.1, 0.15) is 0 Å². The molecule has 0 bridgehead atoms. The van der Waals surface area contributed by atoms with E-state index in [0.29, 0.717) is 0 Å². The Kier molecular flexibility index (Phi) is 11.3. The van der Waals surface area contributed by atoms with Crippen LogP contribution in [0.4, 0.5) is 0 Å². The van der Waals surface area contributed by atoms with Crippen LogP contribution in [0.15, 0.2) is 23.5 Å². The smallest absolute Gasteiger partial charge is 0.196 e. The standard InChI is InChI=1S/C16H32ClN2P/c1-7-9-11-18(13-15(3)4)20(17)19(12-10-8-2)14-16(5)6/h13-14H,7-12H2,1-6H3. The van der Waals surface area contributed by atoms with E-state index in [9.17, 15) is 0 Å². The first-order valence-electron chi connectivity index (χ1n) is 7.71. The molecule has 0 heterocycles. The molecule has 0 aromatic rings. The second-order valence-corrected chi connectivity index (χ2v) is 8.10. The molecule has 0 spiro atoms. The van der Waals surface area contributed by atoms with E-state index in [2.05, 4.69) is 63.3 Å². The average Bonchev–Trinajstić information content (AvgIpc) is 2.37. The first kappa shape index (κ1) is 19.8. The molecule has 20 heavy (non-hydrogen) atoms. The van der Waals surface area contributed by atoms with Crippen molar-refractivity contribution < 1.29 is 0 Å². The maximum atomic E-state index is 6.80. The van der Waals surface area contributed by atoms with E-state index in [-0.39, 0.29) is 0 Å². The number of unbranched alkanes of at least 4 members (excludes halogenated alkanes) is 2. The summed E-state index contributed by atoms with van der Waals surface area (Å²) >= 11 is 6.80. The molecular formula is C16H32ClN2P. The van der Waals surface area contributed by atoms with Crippen LogP contribution in [0.1, 0.15) is 67.2 Å². The van der Waals surface area contributed by atoms with E-state index >= 15 is 0 Å². The molecule has 0 aliphatic carbocycles. The minimum absolute atomic E-state index is 0.810. The third kappa shape index (κ3) is 8.87. The van der Waals surface area contributed by atoms with Gasteiger partial charge in [0, 0.05) is 25.5 Å². The Bertz CT molecular complexity index is 278. The summed E-state index contributed by atoms with van der Waals surface area (Å²) in [5.74, 6) is 0. The molecule has 0 aliphatic rings. The summed E-state index contributed by atoms with van der Waals surface area (Å²) in [6.45, 7) is 15.1. The fourth-order valence-electron chi connectivity index (χ4n) is 1.77. The number of halogens is 1. The van der Waals surface area contributed by atoms with Gasteiger partial charge in [0.15, 0.2) is 7.58 Å². The van der Waals surface area contributed by atoms with Gasteiger partial charge in [-0.05, 0) is 51.8 Å². The summed E-state index contributed by atoms with van der Waals surface area (Å²) in [5.41, 5.74) is 2.61. The average molecular weight is 319 g/mol. The summed E-state index contributed by atoms with van der Waals surface area (Å²) in [6, 6.07) is 0. The highest BCUT2D eigenvalue weighted by atomic mass is 35.7. The fraction of sp³-hybridized carbons (Fsp3) is 0.750. The van der Waals surface area contributed by atoms with E-state index in [1.54, 1.807) is 0 Å². The Labute approximate surface area is 132 Å². The Morgan fingerprint density at radius 2 is 1.20 bits per heavy atom. The van der Waals surface area contributed by atoms with Gasteiger partial charge >= 0.3 is 0 Å². The number of hydrogen-bond donors (Lipinski definition) is 0. The SMILES string of the molecule is CCCCN(C=C(C)C)P(Cl)N(C=C(C)C)CCCC. The lowest BCUT2D eigenvalue weighted by Gasteiger charge is -2.34. The van der Waals surface area contributed by atoms with Crippen LogP contribution in [0.3, 0.4) is 0 Å². The zero-order chi connectivity index (χ0) is 15.5. The number of allylic oxidation sites excluding steroid dienone is 2. The Morgan fingerprint density at radius 3 is 1.45 bits per heavy atom. The van der Waals surface area contributed by atoms with Crippen LogP contribution in [-0.2, 0) is 0 Å². The van der Waals surface area contributed by atoms with Crippen molar-refractivity contribution in [3.8, 4) is 0 Å². The van der Waals surface area contributed by atoms with Gasteiger partial charge in [0.25, 0.3) is 0 Å². The van der Waals surface area contributed by atoms with Crippen molar-refractivity contribution in [1.29, 1.82) is 0 Å². The van der Waals surface area contributed by atoms with Gasteiger partial charge in [-0.2, -0.15) is 0 Å². The van der Waals surface area contributed by atoms with Gasteiger partial charge in [-0.25, -0.2) is 0 Å². The van der Waals surface area contributed by atoms with Crippen molar-refractivity contribution >= 4 is 18.8 Å². The second-order valence-electron chi connectivity index (χ2n) is 5.69. The zero-order valence-electron chi connectivity index (χ0n) is 14.1. The first-order valence-corrected chi connectivity index (χ1v) is 9.86. The molecule has 2 nitrogen and oxygen atoms in total. The van der Waals surface area contributed by atoms with E-state index in [1.807, 2.05) is 0 Å². The largest absolute Gasteiger partial charge is 0.328 e. The highest BCUT2D eigenvalue weighted by molar-refractivity contribution is 7.80. The molecule has 0 radical (unpaired) electrons. The van der Waals surface area contributed by atoms with Crippen LogP contribution < -0.4 is 0 Å². The summed E-state index contributed by atoms with van der Waals surface area (Å²) in [6.07, 6.45) is 9.20. The fourth-order valence-corrected chi connectivity index (χ4v) is 4.05. The molecule has 0 N–H and O–H groups in total. The zero-order valence-corrected chi connectivity index (χ0v) is 15.8. The van der Waals surface area contributed by atoms with E-state index in [1.165, 1.54) is 36.8 Å². The monoisotopic (exact) mass is 318 g/mol. The molecule has 0 aromatic heterocycles. The molecule has 0 saturated heterocycles. The van der Waals surface area contributed by atoms with Gasteiger partial charge in [0.2, 0.25) is 0 Å². The van der Waals surface area contributed by atoms with Crippen LogP contribution in [-0.4, -0.2) is 22.4 Å². The number of nitrogens with zero attached hydrogens (tertiary/aromatic N) is 2. The third-order valence-electron chi connectivity index (χ3n) is 2.72. The highest BCUT2D eigenvalue weighted by Crippen LogP contribution is 2.50. The Morgan fingerprint density at radius 1 is 0.850 bits per heavy atom. The molecule has 0 saturated carbocycles. The molecule has 0 aromatic carbocycles. The minimum Gasteiger partial charge on any atom is -0.328 e. The van der Waals surface area contributed by atoms with E-state index < -0.39 is 7.58 Å². The van der Waals surface area contributed by atoms with Crippen molar-refractivity contribution in [1.82, 2.24) is 9.34 Å². The number of hydrogen-bond acceptors (Lipinski definition) is 2. The van der Waals surface area contributed by atoms with Gasteiger partial charge in [0.05, 0.1) is 0 Å². The lowest BCUT2D eigenvalue weighted by molar-refractivity contribution is 0.497. The molecule has 0 amide bonds. The van der Waals surface area contributed by atoms with Gasteiger partial charge < -0.3 is 9.34 Å². The molecule has 118 valence electrons. The van der Waals surface area contributed by atoms with Crippen LogP contribution in [0, 0.1) is 0 Å². The number of rotatable bonds is 10. The predicted molar refractivity (Wildman–Crippen MR) is 94.9 cm³/mol. The second kappa shape index (κ2) is 11.5. The van der Waals surface area contributed by atoms with Crippen LogP contribution in [0.2, 0.25) is 0 Å². The van der Waals surface area contributed by atoms with E-state index in [0.717, 1.165) is 13.1 Å². The van der Waals surface area contributed by atoms with Gasteiger partial charge in [-0.3, -0.25) is 0 Å². The minimum atomic E-state index is -0.810. The van der Waals surface area contributed by atoms with Gasteiger partial charge in [-0.1, -0.05) is 37.8 Å². The topological polar surface area (TPSA) is 6.48 Å². The quantitative estimate of drug-likeness (QED) is 0.424. The molecule has 0 atom stereocenters. The van der Waals surface area contributed by atoms with Crippen LogP contribution in [0.5, 0.6) is 0 Å². The van der Waals surface area contributed by atoms with Crippen molar-refractivity contribution in [2.24, 2.45) is 0 Å². The van der Waals surface area contributed by atoms with Crippen molar-refractivity contribution in [3.05, 3.63) is 23.5 Å². The van der Waals surface area contributed by atoms with Crippen LogP contribution in [0.25, 0.3) is 0 Å². The normalized spacial score (nSPS) is 10.4. The van der Waals surface area contributed by atoms with Crippen molar-refractivity contribution in [2.75, 3.05) is 13.1 Å². The molecule has 0 unspecified atom stereocenters. The lowest BCUT2D eigenvalue weighted by Crippen LogP contribution is -2.22. The third-order valence-corrected chi connectivity index (χ3v) is 5.36. The molecular weight excluding hydrogens is 287 g/mol. The summed E-state index contributed by atoms with van der Waals surface area (Å²) in [4.78, 5) is 0. The Balaban J connectivity index is 4.96. The van der Waals surface area contributed by atoms with Crippen molar-refractivity contribution in [3.63, 3.8) is 0 Å². The summed E-state index contributed by atoms with van der Waals surface area (Å²) in [5, 5.41) is 0. The van der Waals surface area contributed by atoms with E-state index in [4.69, 9.17) is 11.2 Å². The highest BCUT2D eigenvalue weighted by Gasteiger charge is 2.19. The molecule has 4 heteroatoms. The first-order chi connectivity index (χ1) is 9.42. The molecule has 0 aliphatic heterocycles. The van der Waals surface area contributed by atoms with Crippen molar-refractivity contribution in [2.45, 2.75) is 67.2 Å². The lowest BCUT2D eigenvalue weighted by atomic mass is 10.3. The summed E-state index contributed by atoms with van der Waals surface area (Å²) < 4.78 is 4.65. The molecule has 0 fully saturated rings.